The van der Waals surface area contributed by atoms with Crippen molar-refractivity contribution in [1.29, 1.82) is 0 Å². The first-order chi connectivity index (χ1) is 15.3. The number of thioether (sulfide) groups is 1. The molecule has 1 aliphatic rings. The summed E-state index contributed by atoms with van der Waals surface area (Å²) in [5.74, 6) is 1.03. The number of aromatic nitrogens is 1. The van der Waals surface area contributed by atoms with Crippen LogP contribution in [0.5, 0.6) is 0 Å². The first kappa shape index (κ1) is 22.8. The second-order valence-corrected chi connectivity index (χ2v) is 11.5. The second kappa shape index (κ2) is 9.25. The Balaban J connectivity index is 1.62. The van der Waals surface area contributed by atoms with Crippen molar-refractivity contribution in [2.24, 2.45) is 0 Å². The number of anilines is 1. The van der Waals surface area contributed by atoms with E-state index in [1.165, 1.54) is 48.4 Å². The molecule has 32 heavy (non-hydrogen) atoms. The molecule has 0 bridgehead atoms. The maximum atomic E-state index is 13.0. The van der Waals surface area contributed by atoms with E-state index in [1.54, 1.807) is 6.20 Å². The summed E-state index contributed by atoms with van der Waals surface area (Å²) in [6.45, 7) is 2.01. The molecule has 166 valence electrons. The third-order valence-electron chi connectivity index (χ3n) is 5.27. The quantitative estimate of drug-likeness (QED) is 0.411. The molecule has 3 aromatic rings. The maximum absolute atomic E-state index is 13.0. The van der Waals surface area contributed by atoms with E-state index in [0.717, 1.165) is 28.0 Å². The molecule has 0 spiro atoms. The van der Waals surface area contributed by atoms with E-state index in [4.69, 9.17) is 11.6 Å². The Morgan fingerprint density at radius 2 is 1.84 bits per heavy atom. The molecule has 0 radical (unpaired) electrons. The summed E-state index contributed by atoms with van der Waals surface area (Å²) in [5, 5.41) is 2.97. The van der Waals surface area contributed by atoms with Crippen molar-refractivity contribution < 1.29 is 13.2 Å². The molecule has 0 aliphatic heterocycles. The molecule has 0 unspecified atom stereocenters. The van der Waals surface area contributed by atoms with Gasteiger partial charge in [-0.25, -0.2) is 13.4 Å². The van der Waals surface area contributed by atoms with Gasteiger partial charge in [0.25, 0.3) is 5.91 Å². The molecule has 1 fully saturated rings. The number of halogens is 1. The van der Waals surface area contributed by atoms with Crippen LogP contribution in [0.15, 0.2) is 64.5 Å². The number of amides is 1. The number of hydrogen-bond acceptors (Lipinski definition) is 5. The smallest absolute Gasteiger partial charge is 0.275 e. The lowest BCUT2D eigenvalue weighted by Gasteiger charge is -2.12. The number of carbonyl (C=O) groups is 1. The number of carbonyl (C=O) groups excluding carboxylic acids is 1. The fourth-order valence-electron chi connectivity index (χ4n) is 3.42. The monoisotopic (exact) mass is 486 g/mol. The second-order valence-electron chi connectivity index (χ2n) is 7.77. The van der Waals surface area contributed by atoms with Crippen molar-refractivity contribution in [3.63, 3.8) is 0 Å². The molecular weight excluding hydrogens is 464 g/mol. The van der Waals surface area contributed by atoms with Gasteiger partial charge in [0.1, 0.15) is 5.69 Å². The van der Waals surface area contributed by atoms with Gasteiger partial charge in [-0.2, -0.15) is 0 Å². The molecule has 1 heterocycles. The zero-order chi connectivity index (χ0) is 22.9. The zero-order valence-electron chi connectivity index (χ0n) is 17.8. The lowest BCUT2D eigenvalue weighted by atomic mass is 10.0. The van der Waals surface area contributed by atoms with E-state index in [-0.39, 0.29) is 21.3 Å². The summed E-state index contributed by atoms with van der Waals surface area (Å²) in [5.41, 5.74) is 3.87. The van der Waals surface area contributed by atoms with Gasteiger partial charge >= 0.3 is 0 Å². The molecule has 1 saturated carbocycles. The highest BCUT2D eigenvalue weighted by atomic mass is 35.5. The van der Waals surface area contributed by atoms with Crippen molar-refractivity contribution in [1.82, 2.24) is 4.98 Å². The van der Waals surface area contributed by atoms with E-state index in [1.807, 2.05) is 13.0 Å². The highest BCUT2D eigenvalue weighted by Gasteiger charge is 2.23. The molecule has 8 heteroatoms. The van der Waals surface area contributed by atoms with Crippen LogP contribution in [0.3, 0.4) is 0 Å². The van der Waals surface area contributed by atoms with Gasteiger partial charge in [-0.3, -0.25) is 4.79 Å². The summed E-state index contributed by atoms with van der Waals surface area (Å²) >= 11 is 7.72. The van der Waals surface area contributed by atoms with Crippen molar-refractivity contribution in [3.05, 3.63) is 71.0 Å². The minimum absolute atomic E-state index is 0.0818. The highest BCUT2D eigenvalue weighted by molar-refractivity contribution is 7.99. The predicted molar refractivity (Wildman–Crippen MR) is 131 cm³/mol. The first-order valence-electron chi connectivity index (χ1n) is 10.3. The Bertz CT molecular complexity index is 1270. The molecule has 0 atom stereocenters. The zero-order valence-corrected chi connectivity index (χ0v) is 20.2. The van der Waals surface area contributed by atoms with Crippen molar-refractivity contribution in [2.45, 2.75) is 35.5 Å². The fraction of sp³-hybridized carbons (Fsp3) is 0.250. The van der Waals surface area contributed by atoms with Crippen LogP contribution < -0.4 is 5.32 Å². The molecule has 2 aromatic carbocycles. The van der Waals surface area contributed by atoms with Crippen LogP contribution in [0, 0.1) is 0 Å². The average molecular weight is 487 g/mol. The summed E-state index contributed by atoms with van der Waals surface area (Å²) < 4.78 is 23.7. The van der Waals surface area contributed by atoms with Crippen LogP contribution in [-0.2, 0) is 9.84 Å². The largest absolute Gasteiger partial charge is 0.319 e. The van der Waals surface area contributed by atoms with E-state index < -0.39 is 15.7 Å². The van der Waals surface area contributed by atoms with Crippen LogP contribution in [0.2, 0.25) is 5.02 Å². The van der Waals surface area contributed by atoms with E-state index in [2.05, 4.69) is 34.6 Å². The Labute approximate surface area is 197 Å². The predicted octanol–water partition coefficient (Wildman–Crippen LogP) is 6.05. The Morgan fingerprint density at radius 1 is 1.12 bits per heavy atom. The number of nitrogens with zero attached hydrogens (tertiary/aromatic N) is 1. The Hall–Kier alpha value is -2.35. The molecular formula is C24H23ClN2O3S2. The van der Waals surface area contributed by atoms with E-state index in [9.17, 15) is 13.2 Å². The minimum Gasteiger partial charge on any atom is -0.319 e. The van der Waals surface area contributed by atoms with E-state index >= 15 is 0 Å². The van der Waals surface area contributed by atoms with Crippen LogP contribution >= 0.6 is 23.4 Å². The van der Waals surface area contributed by atoms with Crippen molar-refractivity contribution in [2.75, 3.05) is 17.3 Å². The molecule has 1 aliphatic carbocycles. The number of hydrogen-bond donors (Lipinski definition) is 1. The van der Waals surface area contributed by atoms with Crippen LogP contribution in [0.1, 0.15) is 41.7 Å². The highest BCUT2D eigenvalue weighted by Crippen LogP contribution is 2.40. The van der Waals surface area contributed by atoms with Gasteiger partial charge in [-0.15, -0.1) is 11.8 Å². The molecule has 1 N–H and O–H groups in total. The normalized spacial score (nSPS) is 13.7. The summed E-state index contributed by atoms with van der Waals surface area (Å²) in [7, 11) is -3.43. The van der Waals surface area contributed by atoms with Gasteiger partial charge in [0.15, 0.2) is 9.84 Å². The molecule has 5 nitrogen and oxygen atoms in total. The van der Waals surface area contributed by atoms with Gasteiger partial charge in [-0.1, -0.05) is 42.8 Å². The molecule has 1 aromatic heterocycles. The van der Waals surface area contributed by atoms with Gasteiger partial charge in [0.2, 0.25) is 0 Å². The number of benzene rings is 2. The number of rotatable bonds is 7. The summed E-state index contributed by atoms with van der Waals surface area (Å²) in [6, 6.07) is 14.7. The topological polar surface area (TPSA) is 76.1 Å². The lowest BCUT2D eigenvalue weighted by molar-refractivity contribution is 0.101. The van der Waals surface area contributed by atoms with Gasteiger partial charge in [-0.05, 0) is 59.9 Å². The molecule has 1 amide bonds. The number of pyridine rings is 1. The average Bonchev–Trinajstić information content (AvgIpc) is 3.60. The third kappa shape index (κ3) is 5.17. The molecule has 0 saturated heterocycles. The SMILES string of the molecule is CCSc1cc(-c2ccc(C3CC3)cc2)cnc1C(=O)Nc1cc(S(C)(=O)=O)ccc1Cl. The van der Waals surface area contributed by atoms with Crippen LogP contribution in [-0.4, -0.2) is 31.3 Å². The summed E-state index contributed by atoms with van der Waals surface area (Å²) in [4.78, 5) is 18.3. The van der Waals surface area contributed by atoms with Crippen molar-refractivity contribution in [3.8, 4) is 11.1 Å². The van der Waals surface area contributed by atoms with Gasteiger partial charge < -0.3 is 5.32 Å². The fourth-order valence-corrected chi connectivity index (χ4v) is 5.03. The standard InChI is InChI=1S/C24H23ClN2O3S2/c1-3-31-22-12-18(17-8-6-16(7-9-17)15-4-5-15)14-26-23(22)24(28)27-21-13-19(32(2,29)30)10-11-20(21)25/h6-15H,3-5H2,1-2H3,(H,27,28). The molecule has 4 rings (SSSR count). The van der Waals surface area contributed by atoms with Crippen LogP contribution in [0.25, 0.3) is 11.1 Å². The Morgan fingerprint density at radius 3 is 2.47 bits per heavy atom. The Kier molecular flexibility index (Phi) is 6.60. The lowest BCUT2D eigenvalue weighted by Crippen LogP contribution is -2.16. The van der Waals surface area contributed by atoms with Crippen molar-refractivity contribution >= 4 is 44.8 Å². The number of nitrogens with one attached hydrogen (secondary N) is 1. The summed E-state index contributed by atoms with van der Waals surface area (Å²) in [6.07, 6.45) is 5.32. The first-order valence-corrected chi connectivity index (χ1v) is 13.6. The van der Waals surface area contributed by atoms with Gasteiger partial charge in [0, 0.05) is 22.9 Å². The minimum atomic E-state index is -3.43. The third-order valence-corrected chi connectivity index (χ3v) is 7.63. The van der Waals surface area contributed by atoms with E-state index in [0.29, 0.717) is 5.92 Å². The number of sulfone groups is 1. The van der Waals surface area contributed by atoms with Gasteiger partial charge in [0.05, 0.1) is 15.6 Å². The maximum Gasteiger partial charge on any atom is 0.275 e. The van der Waals surface area contributed by atoms with Crippen LogP contribution in [0.4, 0.5) is 5.69 Å².